The SMILES string of the molecule is CCN1CCN(C(=O)c2cc3cc(NS(=O)(=O)c4ccc(Cl)cc4)ccc3[nH]2)CC1. The molecule has 3 aromatic rings. The van der Waals surface area contributed by atoms with Crippen molar-refractivity contribution < 1.29 is 13.2 Å². The summed E-state index contributed by atoms with van der Waals surface area (Å²) in [5.41, 5.74) is 1.71. The number of piperazine rings is 1. The summed E-state index contributed by atoms with van der Waals surface area (Å²) in [7, 11) is -3.73. The molecule has 0 spiro atoms. The average Bonchev–Trinajstić information content (AvgIpc) is 3.16. The van der Waals surface area contributed by atoms with Gasteiger partial charge in [0.15, 0.2) is 0 Å². The Morgan fingerprint density at radius 2 is 1.77 bits per heavy atom. The fraction of sp³-hybridized carbons (Fsp3) is 0.286. The van der Waals surface area contributed by atoms with Crippen molar-refractivity contribution in [3.05, 3.63) is 59.2 Å². The fourth-order valence-electron chi connectivity index (χ4n) is 3.58. The Labute approximate surface area is 180 Å². The number of H-pyrrole nitrogens is 1. The molecular formula is C21H23ClN4O3S. The van der Waals surface area contributed by atoms with E-state index < -0.39 is 10.0 Å². The van der Waals surface area contributed by atoms with Crippen LogP contribution in [0.25, 0.3) is 10.9 Å². The Hall–Kier alpha value is -2.55. The Kier molecular flexibility index (Phi) is 5.73. The summed E-state index contributed by atoms with van der Waals surface area (Å²) in [6.45, 7) is 6.26. The fourth-order valence-corrected chi connectivity index (χ4v) is 4.75. The topological polar surface area (TPSA) is 85.5 Å². The summed E-state index contributed by atoms with van der Waals surface area (Å²) in [6, 6.07) is 12.9. The first-order valence-electron chi connectivity index (χ1n) is 9.78. The Morgan fingerprint density at radius 1 is 1.07 bits per heavy atom. The number of anilines is 1. The van der Waals surface area contributed by atoms with Gasteiger partial charge in [0.2, 0.25) is 0 Å². The molecule has 1 saturated heterocycles. The van der Waals surface area contributed by atoms with Gasteiger partial charge in [-0.25, -0.2) is 8.42 Å². The molecule has 158 valence electrons. The summed E-state index contributed by atoms with van der Waals surface area (Å²) in [4.78, 5) is 20.3. The molecule has 0 atom stereocenters. The first-order chi connectivity index (χ1) is 14.4. The molecule has 30 heavy (non-hydrogen) atoms. The van der Waals surface area contributed by atoms with Gasteiger partial charge in [-0.15, -0.1) is 0 Å². The van der Waals surface area contributed by atoms with Gasteiger partial charge in [-0.3, -0.25) is 9.52 Å². The van der Waals surface area contributed by atoms with Crippen molar-refractivity contribution in [2.75, 3.05) is 37.4 Å². The highest BCUT2D eigenvalue weighted by atomic mass is 35.5. The summed E-state index contributed by atoms with van der Waals surface area (Å²) in [5, 5.41) is 1.23. The van der Waals surface area contributed by atoms with Crippen LogP contribution >= 0.6 is 11.6 Å². The number of carbonyl (C=O) groups is 1. The lowest BCUT2D eigenvalue weighted by atomic mass is 10.2. The van der Waals surface area contributed by atoms with Gasteiger partial charge in [0.25, 0.3) is 15.9 Å². The van der Waals surface area contributed by atoms with Crippen LogP contribution in [0.2, 0.25) is 5.02 Å². The van der Waals surface area contributed by atoms with Crippen LogP contribution in [0.1, 0.15) is 17.4 Å². The highest BCUT2D eigenvalue weighted by molar-refractivity contribution is 7.92. The van der Waals surface area contributed by atoms with Gasteiger partial charge in [-0.2, -0.15) is 0 Å². The third-order valence-corrected chi connectivity index (χ3v) is 6.98. The molecule has 1 aliphatic heterocycles. The number of likely N-dealkylation sites (N-methyl/N-ethyl adjacent to an activating group) is 1. The zero-order valence-corrected chi connectivity index (χ0v) is 18.1. The van der Waals surface area contributed by atoms with Crippen molar-refractivity contribution in [3.8, 4) is 0 Å². The lowest BCUT2D eigenvalue weighted by molar-refractivity contribution is 0.0638. The minimum absolute atomic E-state index is 0.0368. The van der Waals surface area contributed by atoms with Gasteiger partial charge >= 0.3 is 0 Å². The smallest absolute Gasteiger partial charge is 0.270 e. The number of fused-ring (bicyclic) bond motifs is 1. The van der Waals surface area contributed by atoms with E-state index in [0.29, 0.717) is 29.5 Å². The number of hydrogen-bond acceptors (Lipinski definition) is 4. The van der Waals surface area contributed by atoms with Gasteiger partial charge in [0.05, 0.1) is 4.90 Å². The number of aromatic amines is 1. The second-order valence-corrected chi connectivity index (χ2v) is 9.39. The largest absolute Gasteiger partial charge is 0.351 e. The lowest BCUT2D eigenvalue weighted by Gasteiger charge is -2.33. The molecule has 1 aliphatic rings. The third kappa shape index (κ3) is 4.30. The molecular weight excluding hydrogens is 424 g/mol. The summed E-state index contributed by atoms with van der Waals surface area (Å²) >= 11 is 5.83. The van der Waals surface area contributed by atoms with E-state index in [1.165, 1.54) is 24.3 Å². The molecule has 0 aliphatic carbocycles. The van der Waals surface area contributed by atoms with Gasteiger partial charge in [-0.05, 0) is 55.1 Å². The van der Waals surface area contributed by atoms with E-state index in [0.717, 1.165) is 30.5 Å². The van der Waals surface area contributed by atoms with Crippen molar-refractivity contribution in [1.29, 1.82) is 0 Å². The number of nitrogens with one attached hydrogen (secondary N) is 2. The Balaban J connectivity index is 1.52. The number of sulfonamides is 1. The highest BCUT2D eigenvalue weighted by Gasteiger charge is 2.23. The molecule has 0 unspecified atom stereocenters. The normalized spacial score (nSPS) is 15.5. The summed E-state index contributed by atoms with van der Waals surface area (Å²) in [5.74, 6) is -0.0368. The molecule has 1 fully saturated rings. The first-order valence-corrected chi connectivity index (χ1v) is 11.6. The van der Waals surface area contributed by atoms with Gasteiger partial charge < -0.3 is 14.8 Å². The van der Waals surface area contributed by atoms with E-state index in [1.54, 1.807) is 24.3 Å². The maximum atomic E-state index is 12.8. The van der Waals surface area contributed by atoms with Crippen molar-refractivity contribution in [1.82, 2.24) is 14.8 Å². The molecule has 0 bridgehead atoms. The monoisotopic (exact) mass is 446 g/mol. The van der Waals surface area contributed by atoms with E-state index in [9.17, 15) is 13.2 Å². The maximum Gasteiger partial charge on any atom is 0.270 e. The van der Waals surface area contributed by atoms with Gasteiger partial charge in [0.1, 0.15) is 5.69 Å². The molecule has 2 N–H and O–H groups in total. The number of benzene rings is 2. The third-order valence-electron chi connectivity index (χ3n) is 5.33. The predicted octanol–water partition coefficient (Wildman–Crippen LogP) is 3.40. The second-order valence-electron chi connectivity index (χ2n) is 7.27. The molecule has 0 radical (unpaired) electrons. The van der Waals surface area contributed by atoms with Crippen LogP contribution in [0.15, 0.2) is 53.4 Å². The minimum atomic E-state index is -3.73. The van der Waals surface area contributed by atoms with Crippen molar-refractivity contribution >= 4 is 44.1 Å². The predicted molar refractivity (Wildman–Crippen MR) is 119 cm³/mol. The number of halogens is 1. The van der Waals surface area contributed by atoms with Gasteiger partial charge in [0, 0.05) is 47.8 Å². The van der Waals surface area contributed by atoms with Crippen molar-refractivity contribution in [2.45, 2.75) is 11.8 Å². The van der Waals surface area contributed by atoms with Crippen LogP contribution in [0.3, 0.4) is 0 Å². The zero-order chi connectivity index (χ0) is 21.3. The zero-order valence-electron chi connectivity index (χ0n) is 16.6. The van der Waals surface area contributed by atoms with Crippen LogP contribution in [-0.4, -0.2) is 61.8 Å². The molecule has 0 saturated carbocycles. The lowest BCUT2D eigenvalue weighted by Crippen LogP contribution is -2.48. The molecule has 7 nitrogen and oxygen atoms in total. The molecule has 2 aromatic carbocycles. The standard InChI is InChI=1S/C21H23ClN4O3S/c1-2-25-9-11-26(12-10-25)21(27)20-14-15-13-17(5-8-19(15)23-20)24-30(28,29)18-6-3-16(22)4-7-18/h3-8,13-14,23-24H,2,9-12H2,1H3. The molecule has 4 rings (SSSR count). The van der Waals surface area contributed by atoms with Crippen LogP contribution in [-0.2, 0) is 10.0 Å². The van der Waals surface area contributed by atoms with Crippen LogP contribution in [0, 0.1) is 0 Å². The number of nitrogens with zero attached hydrogens (tertiary/aromatic N) is 2. The number of hydrogen-bond donors (Lipinski definition) is 2. The quantitative estimate of drug-likeness (QED) is 0.629. The number of amides is 1. The highest BCUT2D eigenvalue weighted by Crippen LogP contribution is 2.24. The van der Waals surface area contributed by atoms with Crippen LogP contribution in [0.4, 0.5) is 5.69 Å². The number of carbonyl (C=O) groups excluding carboxylic acids is 1. The van der Waals surface area contributed by atoms with Crippen LogP contribution in [0.5, 0.6) is 0 Å². The van der Waals surface area contributed by atoms with Gasteiger partial charge in [-0.1, -0.05) is 18.5 Å². The maximum absolute atomic E-state index is 12.8. The van der Waals surface area contributed by atoms with Crippen molar-refractivity contribution in [2.24, 2.45) is 0 Å². The molecule has 1 aromatic heterocycles. The van der Waals surface area contributed by atoms with E-state index in [-0.39, 0.29) is 10.8 Å². The average molecular weight is 447 g/mol. The molecule has 2 heterocycles. The van der Waals surface area contributed by atoms with E-state index >= 15 is 0 Å². The van der Waals surface area contributed by atoms with Crippen LogP contribution < -0.4 is 4.72 Å². The molecule has 1 amide bonds. The number of rotatable bonds is 5. The van der Waals surface area contributed by atoms with E-state index in [4.69, 9.17) is 11.6 Å². The minimum Gasteiger partial charge on any atom is -0.351 e. The van der Waals surface area contributed by atoms with E-state index in [2.05, 4.69) is 21.5 Å². The Bertz CT molecular complexity index is 1170. The van der Waals surface area contributed by atoms with E-state index in [1.807, 2.05) is 4.90 Å². The second kappa shape index (κ2) is 8.29. The summed E-state index contributed by atoms with van der Waals surface area (Å²) in [6.07, 6.45) is 0. The Morgan fingerprint density at radius 3 is 2.43 bits per heavy atom. The molecule has 9 heteroatoms. The number of aromatic nitrogens is 1. The summed E-state index contributed by atoms with van der Waals surface area (Å²) < 4.78 is 27.8. The van der Waals surface area contributed by atoms with Crippen molar-refractivity contribution in [3.63, 3.8) is 0 Å². The first kappa shape index (κ1) is 20.7.